The Hall–Kier alpha value is -0.320. The fraction of sp³-hybridized carbons (Fsp3) is 0.714. The molecule has 2 rings (SSSR count). The first kappa shape index (κ1) is 14.1. The van der Waals surface area contributed by atoms with Gasteiger partial charge in [0.2, 0.25) is 0 Å². The number of furan rings is 1. The minimum Gasteiger partial charge on any atom is -0.465 e. The monoisotopic (exact) mass is 316 g/mol. The lowest BCUT2D eigenvalue weighted by molar-refractivity contribution is 0.0624. The SMILES string of the molecule is OC(CCCCC1CCOCC1)c1occc1Br. The zero-order valence-electron chi connectivity index (χ0n) is 10.6. The molecule has 0 radical (unpaired) electrons. The Morgan fingerprint density at radius 1 is 1.33 bits per heavy atom. The highest BCUT2D eigenvalue weighted by Crippen LogP contribution is 2.29. The second kappa shape index (κ2) is 7.31. The summed E-state index contributed by atoms with van der Waals surface area (Å²) in [5, 5.41) is 9.98. The van der Waals surface area contributed by atoms with Gasteiger partial charge in [-0.2, -0.15) is 0 Å². The summed E-state index contributed by atoms with van der Waals surface area (Å²) in [6.07, 6.45) is 7.78. The standard InChI is InChI=1S/C14H21BrO3/c15-12-7-10-18-14(12)13(16)4-2-1-3-11-5-8-17-9-6-11/h7,10-11,13,16H,1-6,8-9H2. The zero-order valence-corrected chi connectivity index (χ0v) is 12.2. The molecule has 0 aliphatic carbocycles. The van der Waals surface area contributed by atoms with Crippen LogP contribution in [0, 0.1) is 5.92 Å². The summed E-state index contributed by atoms with van der Waals surface area (Å²) in [4.78, 5) is 0. The van der Waals surface area contributed by atoms with Gasteiger partial charge in [0.15, 0.2) is 0 Å². The van der Waals surface area contributed by atoms with Crippen LogP contribution in [-0.4, -0.2) is 18.3 Å². The van der Waals surface area contributed by atoms with Gasteiger partial charge in [-0.15, -0.1) is 0 Å². The fourth-order valence-electron chi connectivity index (χ4n) is 2.48. The van der Waals surface area contributed by atoms with Crippen molar-refractivity contribution in [3.05, 3.63) is 22.6 Å². The van der Waals surface area contributed by atoms with Crippen molar-refractivity contribution in [3.63, 3.8) is 0 Å². The molecule has 0 amide bonds. The van der Waals surface area contributed by atoms with Gasteiger partial charge in [0.05, 0.1) is 10.7 Å². The third-order valence-corrected chi connectivity index (χ3v) is 4.28. The summed E-state index contributed by atoms with van der Waals surface area (Å²) >= 11 is 3.37. The highest BCUT2D eigenvalue weighted by atomic mass is 79.9. The summed E-state index contributed by atoms with van der Waals surface area (Å²) in [7, 11) is 0. The lowest BCUT2D eigenvalue weighted by atomic mass is 9.93. The average Bonchev–Trinajstić information content (AvgIpc) is 2.82. The smallest absolute Gasteiger partial charge is 0.146 e. The molecular formula is C14H21BrO3. The molecule has 0 bridgehead atoms. The van der Waals surface area contributed by atoms with E-state index < -0.39 is 6.10 Å². The molecular weight excluding hydrogens is 296 g/mol. The van der Waals surface area contributed by atoms with Crippen LogP contribution in [0.15, 0.2) is 21.2 Å². The molecule has 3 nitrogen and oxygen atoms in total. The van der Waals surface area contributed by atoms with E-state index >= 15 is 0 Å². The van der Waals surface area contributed by atoms with Crippen LogP contribution in [0.3, 0.4) is 0 Å². The molecule has 1 aliphatic rings. The van der Waals surface area contributed by atoms with Crippen molar-refractivity contribution in [2.24, 2.45) is 5.92 Å². The molecule has 1 aliphatic heterocycles. The molecule has 18 heavy (non-hydrogen) atoms. The minimum atomic E-state index is -0.482. The highest BCUT2D eigenvalue weighted by Gasteiger charge is 2.16. The van der Waals surface area contributed by atoms with E-state index in [-0.39, 0.29) is 0 Å². The number of hydrogen-bond donors (Lipinski definition) is 1. The van der Waals surface area contributed by atoms with Gasteiger partial charge in [0.1, 0.15) is 11.9 Å². The summed E-state index contributed by atoms with van der Waals surface area (Å²) < 4.78 is 11.5. The van der Waals surface area contributed by atoms with Crippen LogP contribution in [0.4, 0.5) is 0 Å². The number of hydrogen-bond acceptors (Lipinski definition) is 3. The van der Waals surface area contributed by atoms with E-state index in [0.717, 1.165) is 36.4 Å². The van der Waals surface area contributed by atoms with Gasteiger partial charge in [0.25, 0.3) is 0 Å². The second-order valence-corrected chi connectivity index (χ2v) is 5.84. The Morgan fingerprint density at radius 2 is 2.11 bits per heavy atom. The summed E-state index contributed by atoms with van der Waals surface area (Å²) in [5.74, 6) is 1.48. The first-order valence-electron chi connectivity index (χ1n) is 6.76. The first-order chi connectivity index (χ1) is 8.77. The summed E-state index contributed by atoms with van der Waals surface area (Å²) in [5.41, 5.74) is 0. The third kappa shape index (κ3) is 4.11. The van der Waals surface area contributed by atoms with E-state index in [0.29, 0.717) is 5.76 Å². The van der Waals surface area contributed by atoms with Crippen LogP contribution in [-0.2, 0) is 4.74 Å². The van der Waals surface area contributed by atoms with Crippen LogP contribution < -0.4 is 0 Å². The maximum atomic E-state index is 9.98. The van der Waals surface area contributed by atoms with Crippen LogP contribution in [0.25, 0.3) is 0 Å². The van der Waals surface area contributed by atoms with Crippen molar-refractivity contribution in [1.82, 2.24) is 0 Å². The van der Waals surface area contributed by atoms with E-state index in [1.165, 1.54) is 25.7 Å². The number of rotatable bonds is 6. The summed E-state index contributed by atoms with van der Waals surface area (Å²) in [6, 6.07) is 1.82. The van der Waals surface area contributed by atoms with Gasteiger partial charge >= 0.3 is 0 Å². The maximum Gasteiger partial charge on any atom is 0.146 e. The molecule has 1 aromatic heterocycles. The molecule has 1 fully saturated rings. The van der Waals surface area contributed by atoms with Gasteiger partial charge < -0.3 is 14.3 Å². The zero-order chi connectivity index (χ0) is 12.8. The molecule has 1 unspecified atom stereocenters. The molecule has 1 atom stereocenters. The van der Waals surface area contributed by atoms with Crippen LogP contribution in [0.2, 0.25) is 0 Å². The normalized spacial score (nSPS) is 19.0. The van der Waals surface area contributed by atoms with Crippen molar-refractivity contribution >= 4 is 15.9 Å². The predicted molar refractivity (Wildman–Crippen MR) is 73.4 cm³/mol. The maximum absolute atomic E-state index is 9.98. The largest absolute Gasteiger partial charge is 0.465 e. The van der Waals surface area contributed by atoms with E-state index in [9.17, 15) is 5.11 Å². The van der Waals surface area contributed by atoms with Gasteiger partial charge in [-0.05, 0) is 47.2 Å². The van der Waals surface area contributed by atoms with Crippen LogP contribution in [0.1, 0.15) is 50.4 Å². The molecule has 1 N–H and O–H groups in total. The number of ether oxygens (including phenoxy) is 1. The molecule has 4 heteroatoms. The lowest BCUT2D eigenvalue weighted by Crippen LogP contribution is -2.15. The molecule has 0 saturated carbocycles. The number of halogens is 1. The Balaban J connectivity index is 1.61. The fourth-order valence-corrected chi connectivity index (χ4v) is 2.95. The van der Waals surface area contributed by atoms with E-state index in [1.54, 1.807) is 6.26 Å². The van der Waals surface area contributed by atoms with E-state index in [4.69, 9.17) is 9.15 Å². The number of aliphatic hydroxyl groups excluding tert-OH is 1. The molecule has 2 heterocycles. The van der Waals surface area contributed by atoms with Crippen molar-refractivity contribution in [2.45, 2.75) is 44.6 Å². The van der Waals surface area contributed by atoms with Crippen molar-refractivity contribution in [2.75, 3.05) is 13.2 Å². The van der Waals surface area contributed by atoms with Crippen molar-refractivity contribution < 1.29 is 14.3 Å². The minimum absolute atomic E-state index is 0.482. The summed E-state index contributed by atoms with van der Waals surface area (Å²) in [6.45, 7) is 1.85. The van der Waals surface area contributed by atoms with E-state index in [2.05, 4.69) is 15.9 Å². The van der Waals surface area contributed by atoms with Gasteiger partial charge in [-0.25, -0.2) is 0 Å². The second-order valence-electron chi connectivity index (χ2n) is 4.99. The van der Waals surface area contributed by atoms with Gasteiger partial charge in [-0.3, -0.25) is 0 Å². The van der Waals surface area contributed by atoms with Crippen LogP contribution >= 0.6 is 15.9 Å². The molecule has 1 aromatic rings. The van der Waals surface area contributed by atoms with Crippen molar-refractivity contribution in [3.8, 4) is 0 Å². The van der Waals surface area contributed by atoms with Gasteiger partial charge in [0, 0.05) is 13.2 Å². The lowest BCUT2D eigenvalue weighted by Gasteiger charge is -2.21. The molecule has 0 aromatic carbocycles. The Labute approximate surface area is 117 Å². The quantitative estimate of drug-likeness (QED) is 0.805. The number of unbranched alkanes of at least 4 members (excludes halogenated alkanes) is 1. The average molecular weight is 317 g/mol. The molecule has 0 spiro atoms. The first-order valence-corrected chi connectivity index (χ1v) is 7.55. The highest BCUT2D eigenvalue weighted by molar-refractivity contribution is 9.10. The topological polar surface area (TPSA) is 42.6 Å². The Bertz CT molecular complexity index is 345. The predicted octanol–water partition coefficient (Wildman–Crippen LogP) is 4.06. The Morgan fingerprint density at radius 3 is 2.78 bits per heavy atom. The van der Waals surface area contributed by atoms with Crippen LogP contribution in [0.5, 0.6) is 0 Å². The number of aliphatic hydroxyl groups is 1. The van der Waals surface area contributed by atoms with E-state index in [1.807, 2.05) is 6.07 Å². The molecule has 1 saturated heterocycles. The third-order valence-electron chi connectivity index (χ3n) is 3.63. The molecule has 102 valence electrons. The Kier molecular flexibility index (Phi) is 5.73. The van der Waals surface area contributed by atoms with Crippen molar-refractivity contribution in [1.29, 1.82) is 0 Å². The van der Waals surface area contributed by atoms with Gasteiger partial charge in [-0.1, -0.05) is 19.3 Å².